The molecule has 0 unspecified atom stereocenters. The first kappa shape index (κ1) is 26.3. The number of amides is 1. The van der Waals surface area contributed by atoms with Gasteiger partial charge in [-0.15, -0.1) is 11.3 Å². The Morgan fingerprint density at radius 2 is 1.63 bits per heavy atom. The van der Waals surface area contributed by atoms with Crippen molar-refractivity contribution in [2.75, 3.05) is 25.6 Å². The van der Waals surface area contributed by atoms with Crippen LogP contribution in [0.2, 0.25) is 0 Å². The fourth-order valence-corrected chi connectivity index (χ4v) is 4.48. The van der Waals surface area contributed by atoms with Gasteiger partial charge in [0.05, 0.1) is 20.3 Å². The molecule has 0 saturated carbocycles. The fourth-order valence-electron chi connectivity index (χ4n) is 3.50. The van der Waals surface area contributed by atoms with Crippen molar-refractivity contribution in [2.24, 2.45) is 0 Å². The van der Waals surface area contributed by atoms with Gasteiger partial charge in [-0.05, 0) is 54.2 Å². The minimum absolute atomic E-state index is 0.0913. The molecule has 0 saturated heterocycles. The second kappa shape index (κ2) is 11.9. The number of carbonyl (C=O) groups excluding carboxylic acids is 2. The van der Waals surface area contributed by atoms with Gasteiger partial charge in [-0.1, -0.05) is 45.0 Å². The van der Waals surface area contributed by atoms with Crippen molar-refractivity contribution in [2.45, 2.75) is 46.0 Å². The van der Waals surface area contributed by atoms with Gasteiger partial charge in [-0.25, -0.2) is 4.79 Å². The molecule has 0 bridgehead atoms. The van der Waals surface area contributed by atoms with E-state index in [0.717, 1.165) is 17.1 Å². The van der Waals surface area contributed by atoms with E-state index in [-0.39, 0.29) is 24.3 Å². The average Bonchev–Trinajstić information content (AvgIpc) is 3.25. The summed E-state index contributed by atoms with van der Waals surface area (Å²) in [6, 6.07) is 15.5. The van der Waals surface area contributed by atoms with Gasteiger partial charge in [0.1, 0.15) is 22.1 Å². The molecule has 1 N–H and O–H groups in total. The maximum atomic E-state index is 12.7. The van der Waals surface area contributed by atoms with Crippen LogP contribution < -0.4 is 14.8 Å². The monoisotopic (exact) mass is 495 g/mol. The fraction of sp³-hybridized carbons (Fsp3) is 0.357. The predicted octanol–water partition coefficient (Wildman–Crippen LogP) is 6.70. The standard InChI is InChI=1S/C28H33NO5S/c1-6-33-27(31)25-23(19-9-13-21(32-5)14-10-19)18-35-26(25)29-24(30)8-7-17-34-22-15-11-20(12-16-22)28(2,3)4/h9-16,18H,6-8,17H2,1-5H3,(H,29,30). The summed E-state index contributed by atoms with van der Waals surface area (Å²) >= 11 is 1.31. The number of nitrogens with one attached hydrogen (secondary N) is 1. The minimum atomic E-state index is -0.461. The van der Waals surface area contributed by atoms with E-state index in [2.05, 4.69) is 38.2 Å². The van der Waals surface area contributed by atoms with E-state index in [0.29, 0.717) is 29.2 Å². The molecule has 0 aliphatic heterocycles. The van der Waals surface area contributed by atoms with Crippen LogP contribution >= 0.6 is 11.3 Å². The van der Waals surface area contributed by atoms with Crippen LogP contribution in [-0.2, 0) is 14.9 Å². The maximum absolute atomic E-state index is 12.7. The number of thiophene rings is 1. The third-order valence-corrected chi connectivity index (χ3v) is 6.36. The molecule has 0 spiro atoms. The highest BCUT2D eigenvalue weighted by Crippen LogP contribution is 2.37. The lowest BCUT2D eigenvalue weighted by Crippen LogP contribution is -2.15. The number of anilines is 1. The second-order valence-corrected chi connectivity index (χ2v) is 9.96. The number of ether oxygens (including phenoxy) is 3. The lowest BCUT2D eigenvalue weighted by Gasteiger charge is -2.19. The summed E-state index contributed by atoms with van der Waals surface area (Å²) in [5.41, 5.74) is 3.26. The third kappa shape index (κ3) is 7.09. The Balaban J connectivity index is 1.60. The van der Waals surface area contributed by atoms with E-state index < -0.39 is 5.97 Å². The summed E-state index contributed by atoms with van der Waals surface area (Å²) in [5, 5.41) is 5.22. The molecular weight excluding hydrogens is 462 g/mol. The molecule has 7 heteroatoms. The SMILES string of the molecule is CCOC(=O)c1c(-c2ccc(OC)cc2)csc1NC(=O)CCCOc1ccc(C(C)(C)C)cc1. The average molecular weight is 496 g/mol. The highest BCUT2D eigenvalue weighted by Gasteiger charge is 2.23. The zero-order valence-electron chi connectivity index (χ0n) is 21.0. The van der Waals surface area contributed by atoms with E-state index in [9.17, 15) is 9.59 Å². The van der Waals surface area contributed by atoms with Gasteiger partial charge >= 0.3 is 5.97 Å². The number of rotatable bonds is 10. The Labute approximate surface area is 211 Å². The molecule has 186 valence electrons. The molecule has 0 radical (unpaired) electrons. The molecule has 6 nitrogen and oxygen atoms in total. The van der Waals surface area contributed by atoms with Crippen LogP contribution in [0, 0.1) is 0 Å². The molecule has 0 aliphatic rings. The van der Waals surface area contributed by atoms with Crippen molar-refractivity contribution < 1.29 is 23.8 Å². The molecule has 1 heterocycles. The molecule has 0 fully saturated rings. The van der Waals surface area contributed by atoms with E-state index >= 15 is 0 Å². The molecule has 0 atom stereocenters. The van der Waals surface area contributed by atoms with Gasteiger partial charge in [0, 0.05) is 17.4 Å². The summed E-state index contributed by atoms with van der Waals surface area (Å²) in [6.45, 7) is 8.94. The number of benzene rings is 2. The van der Waals surface area contributed by atoms with Crippen LogP contribution in [0.3, 0.4) is 0 Å². The molecule has 35 heavy (non-hydrogen) atoms. The van der Waals surface area contributed by atoms with Crippen molar-refractivity contribution in [1.82, 2.24) is 0 Å². The van der Waals surface area contributed by atoms with Crippen LogP contribution in [-0.4, -0.2) is 32.2 Å². The summed E-state index contributed by atoms with van der Waals surface area (Å²) in [5.74, 6) is 0.871. The Kier molecular flexibility index (Phi) is 8.93. The lowest BCUT2D eigenvalue weighted by atomic mass is 9.87. The van der Waals surface area contributed by atoms with Crippen LogP contribution in [0.25, 0.3) is 11.1 Å². The quantitative estimate of drug-likeness (QED) is 0.250. The van der Waals surface area contributed by atoms with Crippen LogP contribution in [0.1, 0.15) is 56.5 Å². The van der Waals surface area contributed by atoms with E-state index in [1.54, 1.807) is 14.0 Å². The second-order valence-electron chi connectivity index (χ2n) is 9.08. The molecule has 0 aliphatic carbocycles. The van der Waals surface area contributed by atoms with E-state index in [4.69, 9.17) is 14.2 Å². The van der Waals surface area contributed by atoms with Gasteiger partial charge in [0.25, 0.3) is 0 Å². The van der Waals surface area contributed by atoms with Crippen molar-refractivity contribution in [3.05, 3.63) is 65.0 Å². The Hall–Kier alpha value is -3.32. The summed E-state index contributed by atoms with van der Waals surface area (Å²) in [6.07, 6.45) is 0.830. The van der Waals surface area contributed by atoms with Gasteiger partial charge < -0.3 is 19.5 Å². The zero-order chi connectivity index (χ0) is 25.4. The van der Waals surface area contributed by atoms with Crippen molar-refractivity contribution in [1.29, 1.82) is 0 Å². The first-order valence-electron chi connectivity index (χ1n) is 11.7. The van der Waals surface area contributed by atoms with Crippen LogP contribution in [0.4, 0.5) is 5.00 Å². The highest BCUT2D eigenvalue weighted by molar-refractivity contribution is 7.15. The molecular formula is C28H33NO5S. The number of methoxy groups -OCH3 is 1. The van der Waals surface area contributed by atoms with E-state index in [1.807, 2.05) is 41.8 Å². The summed E-state index contributed by atoms with van der Waals surface area (Å²) in [7, 11) is 1.60. The molecule has 1 aromatic heterocycles. The van der Waals surface area contributed by atoms with Gasteiger partial charge in [0.15, 0.2) is 0 Å². The van der Waals surface area contributed by atoms with Crippen LogP contribution in [0.5, 0.6) is 11.5 Å². The minimum Gasteiger partial charge on any atom is -0.497 e. The zero-order valence-corrected chi connectivity index (χ0v) is 21.8. The van der Waals surface area contributed by atoms with Gasteiger partial charge in [-0.2, -0.15) is 0 Å². The number of carbonyl (C=O) groups is 2. The highest BCUT2D eigenvalue weighted by atomic mass is 32.1. The molecule has 3 aromatic rings. The molecule has 3 rings (SSSR count). The number of hydrogen-bond acceptors (Lipinski definition) is 6. The van der Waals surface area contributed by atoms with Gasteiger partial charge in [-0.3, -0.25) is 4.79 Å². The Morgan fingerprint density at radius 1 is 0.971 bits per heavy atom. The first-order valence-corrected chi connectivity index (χ1v) is 12.6. The Morgan fingerprint density at radius 3 is 2.23 bits per heavy atom. The van der Waals surface area contributed by atoms with E-state index in [1.165, 1.54) is 16.9 Å². The van der Waals surface area contributed by atoms with Crippen molar-refractivity contribution in [3.63, 3.8) is 0 Å². The maximum Gasteiger partial charge on any atom is 0.341 e. The Bertz CT molecular complexity index is 1130. The third-order valence-electron chi connectivity index (χ3n) is 5.46. The van der Waals surface area contributed by atoms with Crippen molar-refractivity contribution >= 4 is 28.2 Å². The summed E-state index contributed by atoms with van der Waals surface area (Å²) in [4.78, 5) is 25.3. The van der Waals surface area contributed by atoms with Gasteiger partial charge in [0.2, 0.25) is 5.91 Å². The summed E-state index contributed by atoms with van der Waals surface area (Å²) < 4.78 is 16.3. The number of hydrogen-bond donors (Lipinski definition) is 1. The normalized spacial score (nSPS) is 11.1. The topological polar surface area (TPSA) is 73.9 Å². The van der Waals surface area contributed by atoms with Crippen LogP contribution in [0.15, 0.2) is 53.9 Å². The first-order chi connectivity index (χ1) is 16.7. The smallest absolute Gasteiger partial charge is 0.341 e. The molecule has 2 aromatic carbocycles. The lowest BCUT2D eigenvalue weighted by molar-refractivity contribution is -0.116. The molecule has 1 amide bonds. The number of esters is 1. The largest absolute Gasteiger partial charge is 0.497 e. The predicted molar refractivity (Wildman–Crippen MR) is 141 cm³/mol. The van der Waals surface area contributed by atoms with Crippen molar-refractivity contribution in [3.8, 4) is 22.6 Å².